The van der Waals surface area contributed by atoms with Crippen LogP contribution < -0.4 is 14.8 Å². The van der Waals surface area contributed by atoms with Crippen LogP contribution in [0, 0.1) is 5.82 Å². The smallest absolute Gasteiger partial charge is 0.138 e. The summed E-state index contributed by atoms with van der Waals surface area (Å²) in [5, 5.41) is 4.61. The van der Waals surface area contributed by atoms with E-state index in [9.17, 15) is 4.39 Å². The quantitative estimate of drug-likeness (QED) is 0.198. The molecule has 5 aromatic rings. The number of methoxy groups -OCH3 is 1. The van der Waals surface area contributed by atoms with Gasteiger partial charge in [-0.05, 0) is 97.6 Å². The summed E-state index contributed by atoms with van der Waals surface area (Å²) in [6.07, 6.45) is 6.24. The molecule has 4 heterocycles. The van der Waals surface area contributed by atoms with E-state index >= 15 is 0 Å². The summed E-state index contributed by atoms with van der Waals surface area (Å²) in [4.78, 5) is 10.6. The number of halogens is 1. The molecule has 0 spiro atoms. The van der Waals surface area contributed by atoms with E-state index in [4.69, 9.17) is 9.47 Å². The van der Waals surface area contributed by atoms with Gasteiger partial charge in [0.05, 0.1) is 13.3 Å². The van der Waals surface area contributed by atoms with Crippen LogP contribution >= 0.6 is 0 Å². The molecule has 0 amide bonds. The molecule has 0 atom stereocenters. The Morgan fingerprint density at radius 1 is 0.884 bits per heavy atom. The first-order valence-corrected chi connectivity index (χ1v) is 14.9. The Kier molecular flexibility index (Phi) is 7.33. The summed E-state index contributed by atoms with van der Waals surface area (Å²) in [6, 6.07) is 21.7. The van der Waals surface area contributed by atoms with Crippen molar-refractivity contribution in [1.29, 1.82) is 0 Å². The third-order valence-corrected chi connectivity index (χ3v) is 8.53. The topological polar surface area (TPSA) is 62.4 Å². The van der Waals surface area contributed by atoms with Crippen LogP contribution in [0.1, 0.15) is 31.0 Å². The molecule has 2 aliphatic rings. The van der Waals surface area contributed by atoms with E-state index in [0.29, 0.717) is 12.4 Å². The van der Waals surface area contributed by atoms with E-state index < -0.39 is 0 Å². The average molecular weight is 575 g/mol. The number of nitrogens with one attached hydrogen (secondary N) is 2. The zero-order chi connectivity index (χ0) is 29.3. The highest BCUT2D eigenvalue weighted by Gasteiger charge is 2.21. The summed E-state index contributed by atoms with van der Waals surface area (Å²) in [6.45, 7) is 6.86. The van der Waals surface area contributed by atoms with Gasteiger partial charge in [-0.15, -0.1) is 0 Å². The predicted molar refractivity (Wildman–Crippen MR) is 171 cm³/mol. The summed E-state index contributed by atoms with van der Waals surface area (Å²) >= 11 is 0. The first kappa shape index (κ1) is 27.2. The molecule has 2 aliphatic heterocycles. The van der Waals surface area contributed by atoms with E-state index in [1.807, 2.05) is 24.4 Å². The van der Waals surface area contributed by atoms with E-state index in [0.717, 1.165) is 82.0 Å². The monoisotopic (exact) mass is 574 g/mol. The Morgan fingerprint density at radius 2 is 1.74 bits per heavy atom. The summed E-state index contributed by atoms with van der Waals surface area (Å²) in [5.41, 5.74) is 10.5. The van der Waals surface area contributed by atoms with Gasteiger partial charge >= 0.3 is 0 Å². The highest BCUT2D eigenvalue weighted by atomic mass is 19.1. The largest absolute Gasteiger partial charge is 0.497 e. The number of nitrogens with zero attached hydrogens (tertiary/aromatic N) is 2. The first-order valence-electron chi connectivity index (χ1n) is 14.9. The number of aromatic amines is 1. The molecule has 7 rings (SSSR count). The maximum Gasteiger partial charge on any atom is 0.138 e. The van der Waals surface area contributed by atoms with Crippen LogP contribution in [0.4, 0.5) is 10.1 Å². The van der Waals surface area contributed by atoms with Crippen molar-refractivity contribution >= 4 is 22.2 Å². The van der Waals surface area contributed by atoms with Gasteiger partial charge in [0, 0.05) is 64.3 Å². The fourth-order valence-corrected chi connectivity index (χ4v) is 6.34. The van der Waals surface area contributed by atoms with Crippen molar-refractivity contribution in [2.24, 2.45) is 0 Å². The number of hydrogen-bond donors (Lipinski definition) is 2. The maximum absolute atomic E-state index is 14.4. The van der Waals surface area contributed by atoms with Crippen molar-refractivity contribution in [2.45, 2.75) is 19.8 Å². The predicted octanol–water partition coefficient (Wildman–Crippen LogP) is 7.77. The molecule has 0 aliphatic carbocycles. The number of rotatable bonds is 8. The molecule has 2 aromatic heterocycles. The Balaban J connectivity index is 1.22. The number of anilines is 1. The van der Waals surface area contributed by atoms with Crippen molar-refractivity contribution < 1.29 is 13.9 Å². The van der Waals surface area contributed by atoms with Gasteiger partial charge in [-0.3, -0.25) is 9.88 Å². The molecule has 0 bridgehead atoms. The van der Waals surface area contributed by atoms with Crippen LogP contribution in [-0.4, -0.2) is 54.8 Å². The van der Waals surface area contributed by atoms with Gasteiger partial charge in [-0.2, -0.15) is 0 Å². The molecular formula is C36H35FN4O2. The lowest BCUT2D eigenvalue weighted by Gasteiger charge is -2.23. The Labute approximate surface area is 251 Å². The van der Waals surface area contributed by atoms with E-state index in [-0.39, 0.29) is 5.82 Å². The second-order valence-corrected chi connectivity index (χ2v) is 11.4. The Bertz CT molecular complexity index is 1840. The van der Waals surface area contributed by atoms with Crippen LogP contribution in [0.5, 0.6) is 11.5 Å². The van der Waals surface area contributed by atoms with Crippen molar-refractivity contribution in [2.75, 3.05) is 45.2 Å². The lowest BCUT2D eigenvalue weighted by atomic mass is 9.90. The second kappa shape index (κ2) is 11.6. The summed E-state index contributed by atoms with van der Waals surface area (Å²) in [5.74, 6) is 0.962. The van der Waals surface area contributed by atoms with Crippen LogP contribution in [0.15, 0.2) is 84.7 Å². The molecular weight excluding hydrogens is 539 g/mol. The third-order valence-electron chi connectivity index (χ3n) is 8.53. The minimum atomic E-state index is -0.323. The average Bonchev–Trinajstić information content (AvgIpc) is 3.70. The zero-order valence-electron chi connectivity index (χ0n) is 24.5. The number of aromatic nitrogens is 2. The van der Waals surface area contributed by atoms with Gasteiger partial charge in [0.2, 0.25) is 0 Å². The normalized spacial score (nSPS) is 15.0. The number of pyridine rings is 1. The van der Waals surface area contributed by atoms with Gasteiger partial charge in [0.1, 0.15) is 23.9 Å². The van der Waals surface area contributed by atoms with Crippen molar-refractivity contribution in [3.05, 3.63) is 102 Å². The summed E-state index contributed by atoms with van der Waals surface area (Å²) in [7, 11) is 1.56. The van der Waals surface area contributed by atoms with Crippen molar-refractivity contribution in [3.63, 3.8) is 0 Å². The third kappa shape index (κ3) is 5.48. The zero-order valence-corrected chi connectivity index (χ0v) is 24.5. The van der Waals surface area contributed by atoms with Crippen LogP contribution in [0.2, 0.25) is 0 Å². The minimum Gasteiger partial charge on any atom is -0.497 e. The van der Waals surface area contributed by atoms with Crippen LogP contribution in [0.25, 0.3) is 38.7 Å². The lowest BCUT2D eigenvalue weighted by molar-refractivity contribution is 0.237. The molecule has 0 radical (unpaired) electrons. The van der Waals surface area contributed by atoms with Gasteiger partial charge in [0.25, 0.3) is 0 Å². The number of benzene rings is 3. The van der Waals surface area contributed by atoms with Gasteiger partial charge in [-0.25, -0.2) is 4.39 Å². The Morgan fingerprint density at radius 3 is 2.60 bits per heavy atom. The van der Waals surface area contributed by atoms with Crippen molar-refractivity contribution in [3.8, 4) is 33.8 Å². The molecule has 218 valence electrons. The second-order valence-electron chi connectivity index (χ2n) is 11.4. The maximum atomic E-state index is 14.4. The number of hydrogen-bond acceptors (Lipinski definition) is 5. The van der Waals surface area contributed by atoms with Crippen molar-refractivity contribution in [1.82, 2.24) is 14.9 Å². The molecule has 0 unspecified atom stereocenters. The molecule has 2 N–H and O–H groups in total. The number of likely N-dealkylation sites (tertiary alicyclic amines) is 1. The first-order chi connectivity index (χ1) is 21.1. The number of fused-ring (bicyclic) bond motifs is 2. The molecule has 7 heteroatoms. The van der Waals surface area contributed by atoms with E-state index in [2.05, 4.69) is 63.5 Å². The fourth-order valence-electron chi connectivity index (χ4n) is 6.34. The van der Waals surface area contributed by atoms with Gasteiger partial charge in [-0.1, -0.05) is 18.2 Å². The number of ether oxygens (including phenoxy) is 2. The molecule has 6 nitrogen and oxygen atoms in total. The van der Waals surface area contributed by atoms with E-state index in [1.165, 1.54) is 30.1 Å². The van der Waals surface area contributed by atoms with Gasteiger partial charge < -0.3 is 19.8 Å². The molecule has 0 saturated carbocycles. The standard InChI is InChI=1S/C36H35FN4O2/c1-23-20-39-33-9-8-24(26-16-29(22-38-21-26)43-13-12-41-10-3-4-11-41)17-32(33)36(23)35-19-31-30(6-5-7-34(31)40-35)25-14-27(37)18-28(15-25)42-2/h5-9,14-19,21-22,39-40H,3-4,10-13,20H2,1-2H3. The van der Waals surface area contributed by atoms with Crippen LogP contribution in [0.3, 0.4) is 0 Å². The van der Waals surface area contributed by atoms with E-state index in [1.54, 1.807) is 19.4 Å². The van der Waals surface area contributed by atoms with Crippen LogP contribution in [-0.2, 0) is 0 Å². The highest BCUT2D eigenvalue weighted by Crippen LogP contribution is 2.40. The SMILES string of the molecule is COc1cc(F)cc(-c2cccc3[nH]c(C4=C(C)CNc5ccc(-c6cncc(OCCN7CCCC7)c6)cc54)cc23)c1. The lowest BCUT2D eigenvalue weighted by Crippen LogP contribution is -2.25. The molecule has 3 aromatic carbocycles. The summed E-state index contributed by atoms with van der Waals surface area (Å²) < 4.78 is 25.9. The molecule has 1 saturated heterocycles. The molecule has 43 heavy (non-hydrogen) atoms. The fraction of sp³-hybridized carbons (Fsp3) is 0.250. The Hall–Kier alpha value is -4.62. The number of H-pyrrole nitrogens is 1. The van der Waals surface area contributed by atoms with Gasteiger partial charge in [0.15, 0.2) is 0 Å². The minimum absolute atomic E-state index is 0.323. The molecule has 1 fully saturated rings. The highest BCUT2D eigenvalue weighted by molar-refractivity contribution is 6.00.